The number of rotatable bonds is 4. The van der Waals surface area contributed by atoms with Gasteiger partial charge in [-0.25, -0.2) is 0 Å². The molecule has 33 heavy (non-hydrogen) atoms. The Morgan fingerprint density at radius 2 is 1.64 bits per heavy atom. The van der Waals surface area contributed by atoms with Crippen molar-refractivity contribution in [3.63, 3.8) is 0 Å². The van der Waals surface area contributed by atoms with Crippen LogP contribution in [0.25, 0.3) is 11.1 Å². The number of carbonyl (C=O) groups excluding carboxylic acids is 3. The lowest BCUT2D eigenvalue weighted by atomic mass is 9.62. The molecule has 0 unspecified atom stereocenters. The van der Waals surface area contributed by atoms with Crippen molar-refractivity contribution < 1.29 is 19.1 Å². The van der Waals surface area contributed by atoms with Crippen LogP contribution in [0.3, 0.4) is 0 Å². The predicted molar refractivity (Wildman–Crippen MR) is 132 cm³/mol. The summed E-state index contributed by atoms with van der Waals surface area (Å²) in [5.74, 6) is 0.0179. The molecule has 0 radical (unpaired) electrons. The number of hydrogen-bond acceptors (Lipinski definition) is 5. The quantitative estimate of drug-likeness (QED) is 0.401. The zero-order valence-electron chi connectivity index (χ0n) is 20.2. The van der Waals surface area contributed by atoms with Crippen molar-refractivity contribution in [2.24, 2.45) is 0 Å². The number of benzene rings is 2. The number of nitrogens with zero attached hydrogens (tertiary/aromatic N) is 1. The zero-order chi connectivity index (χ0) is 24.1. The molecule has 2 amide bonds. The number of aryl methyl sites for hydroxylation is 1. The van der Waals surface area contributed by atoms with Crippen molar-refractivity contribution in [2.75, 3.05) is 5.75 Å². The first-order valence-corrected chi connectivity index (χ1v) is 12.3. The summed E-state index contributed by atoms with van der Waals surface area (Å²) in [6, 6.07) is 10.2. The molecule has 2 aromatic carbocycles. The van der Waals surface area contributed by atoms with Crippen molar-refractivity contribution in [3.8, 4) is 16.9 Å². The van der Waals surface area contributed by atoms with Crippen molar-refractivity contribution in [3.05, 3.63) is 52.6 Å². The molecule has 174 valence electrons. The van der Waals surface area contributed by atoms with Crippen molar-refractivity contribution in [1.29, 1.82) is 0 Å². The van der Waals surface area contributed by atoms with E-state index >= 15 is 0 Å². The van der Waals surface area contributed by atoms with E-state index in [9.17, 15) is 14.4 Å². The predicted octanol–water partition coefficient (Wildman–Crippen LogP) is 6.13. The summed E-state index contributed by atoms with van der Waals surface area (Å²) in [7, 11) is 0. The monoisotopic (exact) mass is 465 g/mol. The Morgan fingerprint density at radius 3 is 2.21 bits per heavy atom. The van der Waals surface area contributed by atoms with E-state index in [2.05, 4.69) is 46.8 Å². The molecule has 2 aliphatic rings. The molecule has 4 rings (SSSR count). The fourth-order valence-electron chi connectivity index (χ4n) is 4.86. The minimum atomic E-state index is -0.408. The largest absolute Gasteiger partial charge is 0.426 e. The van der Waals surface area contributed by atoms with E-state index < -0.39 is 5.97 Å². The van der Waals surface area contributed by atoms with Crippen LogP contribution in [0.2, 0.25) is 0 Å². The summed E-state index contributed by atoms with van der Waals surface area (Å²) in [5, 5.41) is -0.242. The number of hydrogen-bond donors (Lipinski definition) is 0. The van der Waals surface area contributed by atoms with Crippen molar-refractivity contribution in [1.82, 2.24) is 4.90 Å². The van der Waals surface area contributed by atoms with Gasteiger partial charge in [0.2, 0.25) is 5.91 Å². The number of fused-ring (bicyclic) bond motifs is 1. The van der Waals surface area contributed by atoms with Gasteiger partial charge in [-0.05, 0) is 70.5 Å². The third-order valence-corrected chi connectivity index (χ3v) is 7.83. The Hall–Kier alpha value is -2.60. The summed E-state index contributed by atoms with van der Waals surface area (Å²) in [6.45, 7) is 12.8. The fraction of sp³-hybridized carbons (Fsp3) is 0.444. The number of imide groups is 1. The van der Waals surface area contributed by atoms with Gasteiger partial charge < -0.3 is 4.74 Å². The Morgan fingerprint density at radius 1 is 1.00 bits per heavy atom. The highest BCUT2D eigenvalue weighted by Gasteiger charge is 2.37. The van der Waals surface area contributed by atoms with E-state index in [1.165, 1.54) is 23.0 Å². The second-order valence-corrected chi connectivity index (χ2v) is 11.4. The highest BCUT2D eigenvalue weighted by Crippen LogP contribution is 2.48. The zero-order valence-corrected chi connectivity index (χ0v) is 21.0. The molecule has 1 heterocycles. The SMILES string of the molecule is CC(=O)Oc1cc(CN2C(=O)CSC2=O)ccc1-c1cc2c(cc1C)C(C)(C)CCC2(C)C. The summed E-state index contributed by atoms with van der Waals surface area (Å²) in [6.07, 6.45) is 2.26. The molecule has 0 saturated carbocycles. The molecule has 1 aliphatic carbocycles. The van der Waals surface area contributed by atoms with Crippen LogP contribution in [0.5, 0.6) is 5.75 Å². The van der Waals surface area contributed by atoms with E-state index in [4.69, 9.17) is 4.74 Å². The topological polar surface area (TPSA) is 63.7 Å². The molecule has 0 aromatic heterocycles. The van der Waals surface area contributed by atoms with Gasteiger partial charge in [-0.1, -0.05) is 57.7 Å². The molecule has 0 bridgehead atoms. The first-order chi connectivity index (χ1) is 15.4. The second-order valence-electron chi connectivity index (χ2n) is 10.4. The minimum absolute atomic E-state index is 0.0585. The Bertz CT molecular complexity index is 1150. The molecule has 1 fully saturated rings. The van der Waals surface area contributed by atoms with Crippen molar-refractivity contribution in [2.45, 2.75) is 71.8 Å². The van der Waals surface area contributed by atoms with Gasteiger partial charge in [0.05, 0.1) is 12.3 Å². The molecule has 2 aromatic rings. The van der Waals surface area contributed by atoms with Crippen LogP contribution >= 0.6 is 11.8 Å². The lowest BCUT2D eigenvalue weighted by molar-refractivity contribution is -0.132. The number of esters is 1. The Balaban J connectivity index is 1.81. The van der Waals surface area contributed by atoms with Gasteiger partial charge in [-0.3, -0.25) is 19.3 Å². The Kier molecular flexibility index (Phi) is 5.94. The standard InChI is InChI=1S/C27H31NO4S/c1-16-11-21-22(27(5,6)10-9-26(21,3)4)13-20(16)19-8-7-18(12-23(19)32-17(2)29)14-28-24(30)15-33-25(28)31/h7-8,11-13H,9-10,14-15H2,1-6H3. The second kappa shape index (κ2) is 8.32. The van der Waals surface area contributed by atoms with Crippen LogP contribution in [0, 0.1) is 6.92 Å². The number of ether oxygens (including phenoxy) is 1. The van der Waals surface area contributed by atoms with E-state index in [1.807, 2.05) is 12.1 Å². The summed E-state index contributed by atoms with van der Waals surface area (Å²) in [5.41, 5.74) is 6.63. The fourth-order valence-corrected chi connectivity index (χ4v) is 5.58. The van der Waals surface area contributed by atoms with Gasteiger partial charge in [0.15, 0.2) is 0 Å². The van der Waals surface area contributed by atoms with E-state index in [0.717, 1.165) is 46.9 Å². The van der Waals surface area contributed by atoms with Gasteiger partial charge >= 0.3 is 5.97 Å². The van der Waals surface area contributed by atoms with Crippen LogP contribution in [-0.2, 0) is 27.0 Å². The lowest BCUT2D eigenvalue weighted by Gasteiger charge is -2.42. The van der Waals surface area contributed by atoms with Crippen LogP contribution in [0.15, 0.2) is 30.3 Å². The highest BCUT2D eigenvalue weighted by molar-refractivity contribution is 8.14. The molecule has 1 saturated heterocycles. The van der Waals surface area contributed by atoms with Gasteiger partial charge in [-0.2, -0.15) is 0 Å². The molecule has 0 atom stereocenters. The third-order valence-electron chi connectivity index (χ3n) is 6.97. The smallest absolute Gasteiger partial charge is 0.308 e. The average Bonchev–Trinajstić information content (AvgIpc) is 3.03. The summed E-state index contributed by atoms with van der Waals surface area (Å²) in [4.78, 5) is 37.2. The summed E-state index contributed by atoms with van der Waals surface area (Å²) >= 11 is 1.01. The average molecular weight is 466 g/mol. The first kappa shape index (κ1) is 23.6. The van der Waals surface area contributed by atoms with Gasteiger partial charge in [-0.15, -0.1) is 0 Å². The van der Waals surface area contributed by atoms with Gasteiger partial charge in [0, 0.05) is 12.5 Å². The third kappa shape index (κ3) is 4.45. The molecular weight excluding hydrogens is 434 g/mol. The number of carbonyl (C=O) groups is 3. The minimum Gasteiger partial charge on any atom is -0.426 e. The normalized spacial score (nSPS) is 18.9. The lowest BCUT2D eigenvalue weighted by Crippen LogP contribution is -2.34. The van der Waals surface area contributed by atoms with Crippen LogP contribution in [-0.4, -0.2) is 27.8 Å². The number of amides is 2. The first-order valence-electron chi connectivity index (χ1n) is 11.3. The van der Waals surface area contributed by atoms with Crippen LogP contribution < -0.4 is 4.74 Å². The Labute approximate surface area is 199 Å². The molecule has 0 spiro atoms. The molecular formula is C27H31NO4S. The van der Waals surface area contributed by atoms with E-state index in [0.29, 0.717) is 5.75 Å². The molecule has 6 heteroatoms. The molecule has 5 nitrogen and oxygen atoms in total. The molecule has 0 N–H and O–H groups in total. The van der Waals surface area contributed by atoms with Gasteiger partial charge in [0.1, 0.15) is 5.75 Å². The maximum absolute atomic E-state index is 12.0. The van der Waals surface area contributed by atoms with Crippen LogP contribution in [0.4, 0.5) is 4.79 Å². The maximum Gasteiger partial charge on any atom is 0.308 e. The van der Waals surface area contributed by atoms with Gasteiger partial charge in [0.25, 0.3) is 5.24 Å². The maximum atomic E-state index is 12.0. The molecule has 1 aliphatic heterocycles. The number of thioether (sulfide) groups is 1. The van der Waals surface area contributed by atoms with E-state index in [-0.39, 0.29) is 34.3 Å². The van der Waals surface area contributed by atoms with Crippen molar-refractivity contribution >= 4 is 28.9 Å². The van der Waals surface area contributed by atoms with Crippen LogP contribution in [0.1, 0.15) is 69.7 Å². The van der Waals surface area contributed by atoms with E-state index in [1.54, 1.807) is 6.07 Å². The highest BCUT2D eigenvalue weighted by atomic mass is 32.2. The summed E-state index contributed by atoms with van der Waals surface area (Å²) < 4.78 is 5.62.